The molecule has 4 aliphatic rings. The van der Waals surface area contributed by atoms with Crippen LogP contribution < -0.4 is 26.0 Å². The number of anilines is 2. The maximum absolute atomic E-state index is 13.8. The van der Waals surface area contributed by atoms with E-state index < -0.39 is 0 Å². The molecule has 15 nitrogen and oxygen atoms in total. The van der Waals surface area contributed by atoms with Gasteiger partial charge in [0.25, 0.3) is 0 Å². The average Bonchev–Trinajstić information content (AvgIpc) is 3.13. The van der Waals surface area contributed by atoms with Crippen molar-refractivity contribution in [3.8, 4) is 0 Å². The van der Waals surface area contributed by atoms with Crippen molar-refractivity contribution in [3.63, 3.8) is 0 Å². The van der Waals surface area contributed by atoms with E-state index in [0.29, 0.717) is 75.0 Å². The molecule has 4 aliphatic heterocycles. The summed E-state index contributed by atoms with van der Waals surface area (Å²) in [5.74, 6) is 0.0904. The Bertz CT molecular complexity index is 1710. The monoisotopic (exact) mass is 748 g/mol. The zero-order valence-corrected chi connectivity index (χ0v) is 31.5. The second kappa shape index (κ2) is 17.6. The summed E-state index contributed by atoms with van der Waals surface area (Å²) in [6.07, 6.45) is 6.85. The van der Waals surface area contributed by atoms with E-state index in [4.69, 9.17) is 29.9 Å². The predicted octanol–water partition coefficient (Wildman–Crippen LogP) is 1.41. The van der Waals surface area contributed by atoms with Crippen molar-refractivity contribution in [3.05, 3.63) is 48.0 Å². The first-order valence-corrected chi connectivity index (χ1v) is 18.9. The fourth-order valence-corrected chi connectivity index (χ4v) is 7.60. The molecule has 0 aromatic carbocycles. The lowest BCUT2D eigenvalue weighted by molar-refractivity contribution is -0.129. The second-order valence-corrected chi connectivity index (χ2v) is 14.5. The number of amides is 3. The van der Waals surface area contributed by atoms with Crippen LogP contribution in [0, 0.1) is 0 Å². The van der Waals surface area contributed by atoms with Gasteiger partial charge in [-0.3, -0.25) is 40.1 Å². The van der Waals surface area contributed by atoms with E-state index >= 15 is 0 Å². The van der Waals surface area contributed by atoms with Gasteiger partial charge in [-0.2, -0.15) is 22.8 Å². The third-order valence-corrected chi connectivity index (χ3v) is 10.5. The van der Waals surface area contributed by atoms with Crippen molar-refractivity contribution >= 4 is 70.5 Å². The number of thiol groups is 1. The zero-order valence-electron chi connectivity index (χ0n) is 29.8. The Hall–Kier alpha value is -4.19. The number of carbonyl (C=O) groups excluding carboxylic acids is 3. The number of hydrogen-bond acceptors (Lipinski definition) is 12. The first kappa shape index (κ1) is 37.6. The van der Waals surface area contributed by atoms with E-state index in [1.165, 1.54) is 0 Å². The summed E-state index contributed by atoms with van der Waals surface area (Å²) < 4.78 is 0. The minimum absolute atomic E-state index is 0.00315. The average molecular weight is 749 g/mol. The molecule has 0 bridgehead atoms. The van der Waals surface area contributed by atoms with Crippen LogP contribution in [0.4, 0.5) is 11.4 Å². The van der Waals surface area contributed by atoms with Gasteiger partial charge in [-0.1, -0.05) is 0 Å². The minimum Gasteiger partial charge on any atom is -0.345 e. The molecule has 278 valence electrons. The van der Waals surface area contributed by atoms with E-state index in [0.717, 1.165) is 61.8 Å². The van der Waals surface area contributed by atoms with E-state index in [-0.39, 0.29) is 29.1 Å². The topological polar surface area (TPSA) is 154 Å². The van der Waals surface area contributed by atoms with Gasteiger partial charge in [0.05, 0.1) is 28.2 Å². The number of nitrogens with zero attached hydrogens (tertiary/aromatic N) is 9. The Morgan fingerprint density at radius 3 is 2.27 bits per heavy atom. The lowest BCUT2D eigenvalue weighted by Gasteiger charge is -2.36. The van der Waals surface area contributed by atoms with E-state index in [9.17, 15) is 14.4 Å². The van der Waals surface area contributed by atoms with Crippen LogP contribution in [0.1, 0.15) is 57.3 Å². The standard InChI is InChI=1S/C35H48N12O3S2/c1-24(48)44-15-4-3-14-43(19-20-44)23-31(51)41-39-27-10-17-47(30-8-6-12-38-34(27)30)32(50)21-26-22-45(18-13-36-26)35(52)42-40-28-9-16-46(25(2)49)29-7-5-11-37-33(28)29/h5-8,11-12,26,31,36,41,51H,3-4,9-10,13-23H2,1-2H3,(H,42,52)/b39-27-,40-28-. The summed E-state index contributed by atoms with van der Waals surface area (Å²) in [5, 5.41) is 13.1. The Kier molecular flexibility index (Phi) is 12.7. The van der Waals surface area contributed by atoms with Crippen molar-refractivity contribution in [2.75, 3.05) is 75.2 Å². The van der Waals surface area contributed by atoms with Gasteiger partial charge in [0.2, 0.25) is 17.7 Å². The van der Waals surface area contributed by atoms with Crippen molar-refractivity contribution in [1.82, 2.24) is 40.8 Å². The molecule has 6 rings (SSSR count). The fourth-order valence-electron chi connectivity index (χ4n) is 7.10. The van der Waals surface area contributed by atoms with Gasteiger partial charge in [-0.25, -0.2) is 0 Å². The molecule has 2 aromatic rings. The van der Waals surface area contributed by atoms with Crippen molar-refractivity contribution in [2.24, 2.45) is 10.2 Å². The number of thiocarbonyl (C=S) groups is 1. The minimum atomic E-state index is -0.205. The van der Waals surface area contributed by atoms with Crippen LogP contribution in [-0.4, -0.2) is 136 Å². The number of hydrogen-bond donors (Lipinski definition) is 4. The molecule has 0 aliphatic carbocycles. The molecule has 0 spiro atoms. The highest BCUT2D eigenvalue weighted by Gasteiger charge is 2.31. The lowest BCUT2D eigenvalue weighted by Crippen LogP contribution is -2.56. The highest BCUT2D eigenvalue weighted by molar-refractivity contribution is 7.81. The molecule has 52 heavy (non-hydrogen) atoms. The molecule has 3 amide bonds. The molecule has 17 heteroatoms. The first-order valence-electron chi connectivity index (χ1n) is 18.0. The molecule has 2 fully saturated rings. The third-order valence-electron chi connectivity index (χ3n) is 9.84. The van der Waals surface area contributed by atoms with E-state index in [1.54, 1.807) is 31.1 Å². The number of rotatable bonds is 7. The Morgan fingerprint density at radius 1 is 0.885 bits per heavy atom. The van der Waals surface area contributed by atoms with E-state index in [1.807, 2.05) is 39.0 Å². The first-order chi connectivity index (χ1) is 25.2. The summed E-state index contributed by atoms with van der Waals surface area (Å²) in [6.45, 7) is 10.1. The van der Waals surface area contributed by atoms with Gasteiger partial charge in [-0.05, 0) is 55.9 Å². The van der Waals surface area contributed by atoms with Crippen LogP contribution in [0.2, 0.25) is 0 Å². The van der Waals surface area contributed by atoms with Crippen LogP contribution in [-0.2, 0) is 14.4 Å². The number of pyridine rings is 2. The number of carbonyl (C=O) groups is 3. The van der Waals surface area contributed by atoms with Crippen LogP contribution in [0.15, 0.2) is 46.9 Å². The Labute approximate surface area is 315 Å². The molecule has 6 heterocycles. The van der Waals surface area contributed by atoms with Crippen LogP contribution in [0.5, 0.6) is 0 Å². The fraction of sp³-hybridized carbons (Fsp3) is 0.543. The maximum atomic E-state index is 13.8. The molecular weight excluding hydrogens is 701 g/mol. The number of hydrazone groups is 2. The number of fused-ring (bicyclic) bond motifs is 2. The number of piperazine rings is 1. The van der Waals surface area contributed by atoms with Crippen molar-refractivity contribution < 1.29 is 14.4 Å². The van der Waals surface area contributed by atoms with Gasteiger partial charge >= 0.3 is 0 Å². The van der Waals surface area contributed by atoms with Gasteiger partial charge in [0.1, 0.15) is 11.4 Å². The summed E-state index contributed by atoms with van der Waals surface area (Å²) in [5.41, 5.74) is 10.6. The van der Waals surface area contributed by atoms with Crippen LogP contribution >= 0.6 is 24.8 Å². The Balaban J connectivity index is 1.03. The van der Waals surface area contributed by atoms with Gasteiger partial charge < -0.3 is 24.9 Å². The molecule has 3 N–H and O–H groups in total. The predicted molar refractivity (Wildman–Crippen MR) is 209 cm³/mol. The van der Waals surface area contributed by atoms with Crippen LogP contribution in [0.25, 0.3) is 0 Å². The number of nitrogens with one attached hydrogen (secondary N) is 3. The molecule has 0 saturated carbocycles. The number of aromatic nitrogens is 2. The zero-order chi connectivity index (χ0) is 36.6. The maximum Gasteiger partial charge on any atom is 0.228 e. The largest absolute Gasteiger partial charge is 0.345 e. The van der Waals surface area contributed by atoms with Gasteiger partial charge in [0.15, 0.2) is 5.11 Å². The third kappa shape index (κ3) is 9.23. The van der Waals surface area contributed by atoms with E-state index in [2.05, 4.69) is 36.1 Å². The molecule has 2 atom stereocenters. The summed E-state index contributed by atoms with van der Waals surface area (Å²) in [7, 11) is 0. The molecule has 0 radical (unpaired) electrons. The summed E-state index contributed by atoms with van der Waals surface area (Å²) >= 11 is 10.5. The van der Waals surface area contributed by atoms with Crippen molar-refractivity contribution in [2.45, 2.75) is 57.4 Å². The Morgan fingerprint density at radius 2 is 1.56 bits per heavy atom. The summed E-state index contributed by atoms with van der Waals surface area (Å²) in [4.78, 5) is 56.7. The quantitative estimate of drug-likeness (QED) is 0.141. The molecule has 2 unspecified atom stereocenters. The van der Waals surface area contributed by atoms with Gasteiger partial charge in [0, 0.05) is 110 Å². The van der Waals surface area contributed by atoms with Crippen molar-refractivity contribution in [1.29, 1.82) is 0 Å². The SMILES string of the molecule is CC(=O)N1CCCCN(CC(S)N/N=C2/CCN(C(=O)CC3CN(C(=S)N/N=C4/CCN(C(C)=O)c5cccnc54)CCN3)c3cccnc32)CC1. The summed E-state index contributed by atoms with van der Waals surface area (Å²) in [6, 6.07) is 7.33. The van der Waals surface area contributed by atoms with Crippen LogP contribution in [0.3, 0.4) is 0 Å². The van der Waals surface area contributed by atoms with Gasteiger partial charge in [-0.15, -0.1) is 0 Å². The normalized spacial score (nSPS) is 21.9. The highest BCUT2D eigenvalue weighted by atomic mass is 32.1. The second-order valence-electron chi connectivity index (χ2n) is 13.5. The molecule has 2 aromatic heterocycles. The highest BCUT2D eigenvalue weighted by Crippen LogP contribution is 2.27. The lowest BCUT2D eigenvalue weighted by atomic mass is 10.0. The smallest absolute Gasteiger partial charge is 0.228 e. The molecular formula is C35H48N12O3S2. The molecule has 2 saturated heterocycles.